The highest BCUT2D eigenvalue weighted by molar-refractivity contribution is 5.99. The number of fused-ring (bicyclic) bond motifs is 2. The summed E-state index contributed by atoms with van der Waals surface area (Å²) in [4.78, 5) is 40.9. The van der Waals surface area contributed by atoms with Crippen molar-refractivity contribution >= 4 is 22.9 Å². The molecule has 0 radical (unpaired) electrons. The molecule has 3 aromatic heterocycles. The fourth-order valence-corrected chi connectivity index (χ4v) is 3.61. The van der Waals surface area contributed by atoms with E-state index in [1.54, 1.807) is 29.3 Å². The topological polar surface area (TPSA) is 87.1 Å². The molecule has 8 heteroatoms. The van der Waals surface area contributed by atoms with Crippen LogP contribution in [0.2, 0.25) is 0 Å². The van der Waals surface area contributed by atoms with Gasteiger partial charge in [0.05, 0.1) is 11.1 Å². The van der Waals surface area contributed by atoms with Crippen LogP contribution in [0.25, 0.3) is 17.0 Å². The van der Waals surface area contributed by atoms with Crippen LogP contribution in [-0.4, -0.2) is 57.0 Å². The number of hydrogen-bond donors (Lipinski definition) is 1. The predicted octanol–water partition coefficient (Wildman–Crippen LogP) is 1.41. The molecule has 0 bridgehead atoms. The first-order valence-corrected chi connectivity index (χ1v) is 9.19. The Labute approximate surface area is 155 Å². The van der Waals surface area contributed by atoms with E-state index in [1.165, 1.54) is 17.4 Å². The summed E-state index contributed by atoms with van der Waals surface area (Å²) in [5.41, 5.74) is 1.48. The van der Waals surface area contributed by atoms with Crippen LogP contribution < -0.4 is 10.6 Å². The number of rotatable bonds is 3. The van der Waals surface area contributed by atoms with Crippen molar-refractivity contribution in [2.24, 2.45) is 5.92 Å². The van der Waals surface area contributed by atoms with Gasteiger partial charge >= 0.3 is 5.69 Å². The number of aromatic amines is 1. The monoisotopic (exact) mass is 364 g/mol. The summed E-state index contributed by atoms with van der Waals surface area (Å²) >= 11 is 0. The van der Waals surface area contributed by atoms with Crippen LogP contribution in [0.5, 0.6) is 0 Å². The third-order valence-corrected chi connectivity index (χ3v) is 5.30. The number of pyridine rings is 2. The van der Waals surface area contributed by atoms with E-state index >= 15 is 0 Å². The molecule has 0 saturated heterocycles. The van der Waals surface area contributed by atoms with Crippen LogP contribution in [0.4, 0.5) is 5.82 Å². The van der Waals surface area contributed by atoms with Crippen LogP contribution in [0.3, 0.4) is 0 Å². The summed E-state index contributed by atoms with van der Waals surface area (Å²) in [7, 11) is 1.82. The number of amides is 1. The van der Waals surface area contributed by atoms with E-state index in [-0.39, 0.29) is 11.6 Å². The number of anilines is 1. The number of hydrogen-bond acceptors (Lipinski definition) is 5. The Morgan fingerprint density at radius 2 is 2.04 bits per heavy atom. The van der Waals surface area contributed by atoms with Crippen molar-refractivity contribution in [3.63, 3.8) is 0 Å². The Balaban J connectivity index is 1.67. The smallest absolute Gasteiger partial charge is 0.333 e. The number of aromatic nitrogens is 4. The highest BCUT2D eigenvalue weighted by atomic mass is 16.2. The number of likely N-dealkylation sites (N-methyl/N-ethyl adjacent to an activating group) is 1. The van der Waals surface area contributed by atoms with Gasteiger partial charge in [0.25, 0.3) is 5.91 Å². The average molecular weight is 364 g/mol. The van der Waals surface area contributed by atoms with Gasteiger partial charge in [-0.05, 0) is 43.0 Å². The zero-order valence-electron chi connectivity index (χ0n) is 15.1. The van der Waals surface area contributed by atoms with Gasteiger partial charge in [0.15, 0.2) is 5.65 Å². The second kappa shape index (κ2) is 5.94. The zero-order valence-corrected chi connectivity index (χ0v) is 15.1. The van der Waals surface area contributed by atoms with Gasteiger partial charge in [-0.3, -0.25) is 9.78 Å². The molecule has 27 heavy (non-hydrogen) atoms. The third-order valence-electron chi connectivity index (χ3n) is 5.30. The van der Waals surface area contributed by atoms with Crippen LogP contribution in [0.15, 0.2) is 35.3 Å². The number of nitrogens with one attached hydrogen (secondary N) is 1. The first-order chi connectivity index (χ1) is 13.1. The van der Waals surface area contributed by atoms with Crippen LogP contribution in [0, 0.1) is 5.92 Å². The van der Waals surface area contributed by atoms with Gasteiger partial charge in [-0.2, -0.15) is 0 Å². The highest BCUT2D eigenvalue weighted by Gasteiger charge is 2.31. The first kappa shape index (κ1) is 16.0. The van der Waals surface area contributed by atoms with Gasteiger partial charge in [-0.1, -0.05) is 0 Å². The Bertz CT molecular complexity index is 1100. The standard InChI is InChI=1S/C19H20N6O2/c1-23-9-10-24(11-12-4-5-12)17-13(18(23)26)6-7-15(21-17)25-14-3-2-8-20-16(14)22-19(25)27/h2-3,6-8,12H,4-5,9-11H2,1H3,(H,20,22,27). The fourth-order valence-electron chi connectivity index (χ4n) is 3.61. The van der Waals surface area contributed by atoms with Gasteiger partial charge in [0.2, 0.25) is 0 Å². The van der Waals surface area contributed by atoms with Crippen molar-refractivity contribution in [2.45, 2.75) is 12.8 Å². The summed E-state index contributed by atoms with van der Waals surface area (Å²) in [5.74, 6) is 1.80. The van der Waals surface area contributed by atoms with Crippen molar-refractivity contribution in [3.8, 4) is 5.82 Å². The largest absolute Gasteiger partial charge is 0.354 e. The molecular weight excluding hydrogens is 344 g/mol. The number of carbonyl (C=O) groups is 1. The second-order valence-corrected chi connectivity index (χ2v) is 7.29. The van der Waals surface area contributed by atoms with Gasteiger partial charge in [-0.15, -0.1) is 0 Å². The number of H-pyrrole nitrogens is 1. The highest BCUT2D eigenvalue weighted by Crippen LogP contribution is 2.33. The molecule has 138 valence electrons. The molecule has 0 unspecified atom stereocenters. The van der Waals surface area contributed by atoms with E-state index in [0.29, 0.717) is 40.8 Å². The number of imidazole rings is 1. The molecule has 5 rings (SSSR count). The predicted molar refractivity (Wildman–Crippen MR) is 101 cm³/mol. The minimum atomic E-state index is -0.290. The van der Waals surface area contributed by atoms with Crippen molar-refractivity contribution < 1.29 is 4.79 Å². The van der Waals surface area contributed by atoms with Crippen LogP contribution in [0.1, 0.15) is 23.2 Å². The van der Waals surface area contributed by atoms with Crippen molar-refractivity contribution in [3.05, 3.63) is 46.5 Å². The van der Waals surface area contributed by atoms with Gasteiger partial charge in [-0.25, -0.2) is 19.3 Å². The average Bonchev–Trinajstić information content (AvgIpc) is 3.44. The van der Waals surface area contributed by atoms with Crippen molar-refractivity contribution in [1.29, 1.82) is 0 Å². The Morgan fingerprint density at radius 1 is 1.19 bits per heavy atom. The number of nitrogens with zero attached hydrogens (tertiary/aromatic N) is 5. The van der Waals surface area contributed by atoms with E-state index in [9.17, 15) is 9.59 Å². The van der Waals surface area contributed by atoms with Gasteiger partial charge < -0.3 is 9.80 Å². The fraction of sp³-hybridized carbons (Fsp3) is 0.368. The summed E-state index contributed by atoms with van der Waals surface area (Å²) in [6, 6.07) is 7.12. The van der Waals surface area contributed by atoms with E-state index in [4.69, 9.17) is 4.98 Å². The lowest BCUT2D eigenvalue weighted by Crippen LogP contribution is -2.33. The molecule has 8 nitrogen and oxygen atoms in total. The lowest BCUT2D eigenvalue weighted by Gasteiger charge is -2.23. The van der Waals surface area contributed by atoms with Crippen molar-refractivity contribution in [1.82, 2.24) is 24.4 Å². The normalized spacial score (nSPS) is 17.3. The summed E-state index contributed by atoms with van der Waals surface area (Å²) in [5, 5.41) is 0. The number of carbonyl (C=O) groups excluding carboxylic acids is 1. The van der Waals surface area contributed by atoms with Gasteiger partial charge in [0.1, 0.15) is 11.6 Å². The molecule has 3 aromatic rings. The minimum Gasteiger partial charge on any atom is -0.354 e. The Morgan fingerprint density at radius 3 is 2.85 bits per heavy atom. The summed E-state index contributed by atoms with van der Waals surface area (Å²) < 4.78 is 1.51. The molecule has 2 aliphatic rings. The minimum absolute atomic E-state index is 0.0321. The van der Waals surface area contributed by atoms with E-state index in [1.807, 2.05) is 13.1 Å². The molecule has 1 amide bonds. The quantitative estimate of drug-likeness (QED) is 0.759. The van der Waals surface area contributed by atoms with Crippen molar-refractivity contribution in [2.75, 3.05) is 31.6 Å². The molecule has 1 N–H and O–H groups in total. The van der Waals surface area contributed by atoms with Gasteiger partial charge in [0, 0.05) is 32.9 Å². The van der Waals surface area contributed by atoms with E-state index in [2.05, 4.69) is 14.9 Å². The van der Waals surface area contributed by atoms with Crippen LogP contribution in [-0.2, 0) is 0 Å². The molecule has 0 atom stereocenters. The maximum Gasteiger partial charge on any atom is 0.333 e. The SMILES string of the molecule is CN1CCN(CC2CC2)c2nc(-n3c(=O)[nH]c4ncccc43)ccc2C1=O. The lowest BCUT2D eigenvalue weighted by molar-refractivity contribution is 0.0804. The molecule has 1 aliphatic carbocycles. The summed E-state index contributed by atoms with van der Waals surface area (Å²) in [6.07, 6.45) is 4.09. The Kier molecular flexibility index (Phi) is 3.53. The maximum atomic E-state index is 12.7. The second-order valence-electron chi connectivity index (χ2n) is 7.29. The Hall–Kier alpha value is -3.16. The third kappa shape index (κ3) is 2.68. The molecule has 1 fully saturated rings. The first-order valence-electron chi connectivity index (χ1n) is 9.19. The molecule has 0 spiro atoms. The molecule has 1 saturated carbocycles. The van der Waals surface area contributed by atoms with E-state index in [0.717, 1.165) is 13.1 Å². The van der Waals surface area contributed by atoms with Crippen LogP contribution >= 0.6 is 0 Å². The lowest BCUT2D eigenvalue weighted by atomic mass is 10.2. The molecule has 1 aliphatic heterocycles. The zero-order chi connectivity index (χ0) is 18.5. The maximum absolute atomic E-state index is 12.7. The summed E-state index contributed by atoms with van der Waals surface area (Å²) in [6.45, 7) is 2.30. The van der Waals surface area contributed by atoms with E-state index < -0.39 is 0 Å². The molecular formula is C19H20N6O2. The molecule has 0 aromatic carbocycles. The molecule has 4 heterocycles.